The van der Waals surface area contributed by atoms with Crippen LogP contribution in [-0.4, -0.2) is 11.4 Å². The minimum Gasteiger partial charge on any atom is -0.348 e. The van der Waals surface area contributed by atoms with Crippen LogP contribution in [0.1, 0.15) is 43.9 Å². The Kier molecular flexibility index (Phi) is 4.02. The molecule has 1 aromatic carbocycles. The largest absolute Gasteiger partial charge is 0.416 e. The van der Waals surface area contributed by atoms with E-state index in [1.807, 2.05) is 0 Å². The predicted octanol–water partition coefficient (Wildman–Crippen LogP) is 3.01. The number of carbonyl (C=O) groups is 1. The van der Waals surface area contributed by atoms with Crippen molar-refractivity contribution in [1.82, 2.24) is 5.32 Å². The number of halogens is 3. The van der Waals surface area contributed by atoms with Gasteiger partial charge < -0.3 is 11.1 Å². The van der Waals surface area contributed by atoms with E-state index in [1.54, 1.807) is 19.9 Å². The first-order chi connectivity index (χ1) is 9.62. The molecule has 0 aromatic heterocycles. The molecule has 116 valence electrons. The Morgan fingerprint density at radius 2 is 2.00 bits per heavy atom. The molecule has 3 nitrogen and oxygen atoms in total. The third-order valence-electron chi connectivity index (χ3n) is 3.98. The summed E-state index contributed by atoms with van der Waals surface area (Å²) in [4.78, 5) is 12.2. The summed E-state index contributed by atoms with van der Waals surface area (Å²) in [6.45, 7) is 3.31. The van der Waals surface area contributed by atoms with Crippen molar-refractivity contribution in [2.45, 2.75) is 44.4 Å². The maximum atomic E-state index is 12.7. The summed E-state index contributed by atoms with van der Waals surface area (Å²) in [7, 11) is 0. The van der Waals surface area contributed by atoms with Crippen LogP contribution in [0.4, 0.5) is 13.2 Å². The fraction of sp³-hybridized carbons (Fsp3) is 0.533. The second kappa shape index (κ2) is 5.33. The summed E-state index contributed by atoms with van der Waals surface area (Å²) in [5, 5.41) is 2.71. The molecule has 2 unspecified atom stereocenters. The number of rotatable bonds is 4. The van der Waals surface area contributed by atoms with E-state index in [1.165, 1.54) is 6.07 Å². The molecule has 1 saturated carbocycles. The van der Waals surface area contributed by atoms with Gasteiger partial charge in [-0.05, 0) is 50.3 Å². The van der Waals surface area contributed by atoms with Crippen molar-refractivity contribution in [3.63, 3.8) is 0 Å². The van der Waals surface area contributed by atoms with Gasteiger partial charge in [0.25, 0.3) is 0 Å². The summed E-state index contributed by atoms with van der Waals surface area (Å²) < 4.78 is 38.1. The zero-order valence-corrected chi connectivity index (χ0v) is 12.0. The number of alkyl halides is 3. The van der Waals surface area contributed by atoms with E-state index in [9.17, 15) is 18.0 Å². The molecule has 0 heterocycles. The molecule has 21 heavy (non-hydrogen) atoms. The van der Waals surface area contributed by atoms with Crippen molar-refractivity contribution in [1.29, 1.82) is 0 Å². The fourth-order valence-corrected chi connectivity index (χ4v) is 2.29. The second-order valence-corrected chi connectivity index (χ2v) is 5.88. The lowest BCUT2D eigenvalue weighted by atomic mass is 9.95. The van der Waals surface area contributed by atoms with Gasteiger partial charge in [-0.2, -0.15) is 13.2 Å². The van der Waals surface area contributed by atoms with Crippen LogP contribution in [-0.2, 0) is 11.0 Å². The van der Waals surface area contributed by atoms with E-state index in [0.29, 0.717) is 5.56 Å². The number of nitrogens with two attached hydrogens (primary N) is 1. The van der Waals surface area contributed by atoms with Crippen LogP contribution in [0.2, 0.25) is 0 Å². The maximum Gasteiger partial charge on any atom is 0.416 e. The summed E-state index contributed by atoms with van der Waals surface area (Å²) in [5.74, 6) is -0.166. The van der Waals surface area contributed by atoms with Gasteiger partial charge in [0.05, 0.1) is 17.1 Å². The van der Waals surface area contributed by atoms with Gasteiger partial charge in [-0.1, -0.05) is 12.1 Å². The Morgan fingerprint density at radius 3 is 2.52 bits per heavy atom. The fourth-order valence-electron chi connectivity index (χ4n) is 2.29. The van der Waals surface area contributed by atoms with Crippen molar-refractivity contribution >= 4 is 5.91 Å². The SMILES string of the molecule is CC(NC(=O)C(C)(N)C1CC1)c1cccc(C(F)(F)F)c1. The smallest absolute Gasteiger partial charge is 0.348 e. The highest BCUT2D eigenvalue weighted by Gasteiger charge is 2.44. The monoisotopic (exact) mass is 300 g/mol. The van der Waals surface area contributed by atoms with E-state index in [0.717, 1.165) is 25.0 Å². The van der Waals surface area contributed by atoms with E-state index < -0.39 is 23.3 Å². The average molecular weight is 300 g/mol. The third-order valence-corrected chi connectivity index (χ3v) is 3.98. The minimum atomic E-state index is -4.39. The number of benzene rings is 1. The zero-order valence-electron chi connectivity index (χ0n) is 12.0. The first-order valence-corrected chi connectivity index (χ1v) is 6.89. The van der Waals surface area contributed by atoms with E-state index in [-0.39, 0.29) is 11.8 Å². The summed E-state index contributed by atoms with van der Waals surface area (Å²) in [6, 6.07) is 4.43. The van der Waals surface area contributed by atoms with Crippen LogP contribution in [0, 0.1) is 5.92 Å². The van der Waals surface area contributed by atoms with Crippen LogP contribution in [0.3, 0.4) is 0 Å². The maximum absolute atomic E-state index is 12.7. The van der Waals surface area contributed by atoms with Crippen LogP contribution in [0.5, 0.6) is 0 Å². The summed E-state index contributed by atoms with van der Waals surface area (Å²) >= 11 is 0. The Balaban J connectivity index is 2.10. The first-order valence-electron chi connectivity index (χ1n) is 6.89. The number of hydrogen-bond acceptors (Lipinski definition) is 2. The zero-order chi connectivity index (χ0) is 15.8. The van der Waals surface area contributed by atoms with E-state index >= 15 is 0 Å². The third kappa shape index (κ3) is 3.56. The van der Waals surface area contributed by atoms with Crippen LogP contribution >= 0.6 is 0 Å². The topological polar surface area (TPSA) is 55.1 Å². The molecule has 1 fully saturated rings. The van der Waals surface area contributed by atoms with Gasteiger partial charge in [0, 0.05) is 0 Å². The lowest BCUT2D eigenvalue weighted by Crippen LogP contribution is -2.53. The summed E-state index contributed by atoms with van der Waals surface area (Å²) in [5.41, 5.74) is 4.72. The van der Waals surface area contributed by atoms with Crippen LogP contribution in [0.15, 0.2) is 24.3 Å². The van der Waals surface area contributed by atoms with Crippen molar-refractivity contribution in [3.05, 3.63) is 35.4 Å². The Labute approximate surface area is 121 Å². The highest BCUT2D eigenvalue weighted by Crippen LogP contribution is 2.38. The highest BCUT2D eigenvalue weighted by atomic mass is 19.4. The molecule has 1 aliphatic rings. The quantitative estimate of drug-likeness (QED) is 0.898. The van der Waals surface area contributed by atoms with Crippen molar-refractivity contribution < 1.29 is 18.0 Å². The molecular weight excluding hydrogens is 281 g/mol. The van der Waals surface area contributed by atoms with Crippen molar-refractivity contribution in [2.24, 2.45) is 11.7 Å². The molecule has 0 radical (unpaired) electrons. The molecule has 0 aliphatic heterocycles. The molecule has 6 heteroatoms. The van der Waals surface area contributed by atoms with Crippen molar-refractivity contribution in [3.8, 4) is 0 Å². The molecule has 1 aliphatic carbocycles. The van der Waals surface area contributed by atoms with Gasteiger partial charge in [0.15, 0.2) is 0 Å². The van der Waals surface area contributed by atoms with E-state index in [2.05, 4.69) is 5.32 Å². The Bertz CT molecular complexity index is 536. The molecule has 1 aromatic rings. The Morgan fingerprint density at radius 1 is 1.38 bits per heavy atom. The molecular formula is C15H19F3N2O. The lowest BCUT2D eigenvalue weighted by Gasteiger charge is -2.26. The lowest BCUT2D eigenvalue weighted by molar-refractivity contribution is -0.137. The van der Waals surface area contributed by atoms with Gasteiger partial charge in [-0.3, -0.25) is 4.79 Å². The molecule has 0 saturated heterocycles. The van der Waals surface area contributed by atoms with Gasteiger partial charge in [0.1, 0.15) is 0 Å². The van der Waals surface area contributed by atoms with Crippen molar-refractivity contribution in [2.75, 3.05) is 0 Å². The normalized spacial score (nSPS) is 19.7. The van der Waals surface area contributed by atoms with Gasteiger partial charge in [-0.25, -0.2) is 0 Å². The Hall–Kier alpha value is -1.56. The second-order valence-electron chi connectivity index (χ2n) is 5.88. The predicted molar refractivity (Wildman–Crippen MR) is 73.3 cm³/mol. The number of amides is 1. The average Bonchev–Trinajstić information content (AvgIpc) is 3.22. The first kappa shape index (κ1) is 15.8. The molecule has 2 rings (SSSR count). The number of hydrogen-bond donors (Lipinski definition) is 2. The van der Waals surface area contributed by atoms with Gasteiger partial charge >= 0.3 is 6.18 Å². The van der Waals surface area contributed by atoms with E-state index in [4.69, 9.17) is 5.73 Å². The molecule has 0 bridgehead atoms. The molecule has 1 amide bonds. The number of carbonyl (C=O) groups excluding carboxylic acids is 1. The number of nitrogens with one attached hydrogen (secondary N) is 1. The van der Waals surface area contributed by atoms with Crippen LogP contribution < -0.4 is 11.1 Å². The molecule has 3 N–H and O–H groups in total. The molecule has 0 spiro atoms. The van der Waals surface area contributed by atoms with Gasteiger partial charge in [-0.15, -0.1) is 0 Å². The minimum absolute atomic E-state index is 0.159. The van der Waals surface area contributed by atoms with Crippen LogP contribution in [0.25, 0.3) is 0 Å². The molecule has 2 atom stereocenters. The van der Waals surface area contributed by atoms with Gasteiger partial charge in [0.2, 0.25) is 5.91 Å². The highest BCUT2D eigenvalue weighted by molar-refractivity contribution is 5.86. The summed E-state index contributed by atoms with van der Waals surface area (Å²) in [6.07, 6.45) is -2.56. The standard InChI is InChI=1S/C15H19F3N2O/c1-9(20-13(21)14(2,19)11-6-7-11)10-4-3-5-12(8-10)15(16,17)18/h3-5,8-9,11H,6-7,19H2,1-2H3,(H,20,21).